The minimum atomic E-state index is -0.480. The zero-order valence-electron chi connectivity index (χ0n) is 25.6. The van der Waals surface area contributed by atoms with Gasteiger partial charge in [-0.2, -0.15) is 0 Å². The predicted octanol–water partition coefficient (Wildman–Crippen LogP) is 8.59. The first kappa shape index (κ1) is 33.4. The van der Waals surface area contributed by atoms with Crippen LogP contribution < -0.4 is 9.47 Å². The Morgan fingerprint density at radius 1 is 0.628 bits per heavy atom. The van der Waals surface area contributed by atoms with Crippen LogP contribution in [0, 0.1) is 0 Å². The lowest BCUT2D eigenvalue weighted by atomic mass is 10.0. The minimum Gasteiger partial charge on any atom is -0.494 e. The molecule has 0 fully saturated rings. The standard InChI is InChI=1S/C36H44O7/c1-4-6-7-8-12-27(3)42-35(38)31-19-23-33(24-20-31)43-36(39)30-15-13-28(14-16-30)29-17-21-32(22-18-29)40-25-9-10-26-41-34(37)11-5-2/h13-24,27H,4-12,25-26H2,1-3H3. The minimum absolute atomic E-state index is 0.137. The Morgan fingerprint density at radius 3 is 1.86 bits per heavy atom. The summed E-state index contributed by atoms with van der Waals surface area (Å²) in [5.74, 6) is 0.117. The van der Waals surface area contributed by atoms with Gasteiger partial charge in [0.1, 0.15) is 11.5 Å². The van der Waals surface area contributed by atoms with Crippen LogP contribution in [0.2, 0.25) is 0 Å². The summed E-state index contributed by atoms with van der Waals surface area (Å²) >= 11 is 0. The van der Waals surface area contributed by atoms with Gasteiger partial charge in [-0.25, -0.2) is 9.59 Å². The summed E-state index contributed by atoms with van der Waals surface area (Å²) in [7, 11) is 0. The Morgan fingerprint density at radius 2 is 1.21 bits per heavy atom. The SMILES string of the molecule is CCCCCCC(C)OC(=O)c1ccc(OC(=O)c2ccc(-c3ccc(OCCCCOC(=O)CCC)cc3)cc2)cc1. The Hall–Kier alpha value is -4.13. The molecular formula is C36H44O7. The lowest BCUT2D eigenvalue weighted by molar-refractivity contribution is -0.143. The highest BCUT2D eigenvalue weighted by Gasteiger charge is 2.14. The van der Waals surface area contributed by atoms with Crippen molar-refractivity contribution in [3.8, 4) is 22.6 Å². The summed E-state index contributed by atoms with van der Waals surface area (Å²) in [6.45, 7) is 7.00. The van der Waals surface area contributed by atoms with Gasteiger partial charge in [0.2, 0.25) is 0 Å². The average molecular weight is 589 g/mol. The molecule has 0 N–H and O–H groups in total. The van der Waals surface area contributed by atoms with E-state index in [9.17, 15) is 14.4 Å². The largest absolute Gasteiger partial charge is 0.494 e. The first-order chi connectivity index (χ1) is 20.9. The smallest absolute Gasteiger partial charge is 0.343 e. The Balaban J connectivity index is 1.42. The van der Waals surface area contributed by atoms with Crippen LogP contribution >= 0.6 is 0 Å². The molecule has 3 aromatic carbocycles. The summed E-state index contributed by atoms with van der Waals surface area (Å²) in [6.07, 6.45) is 8.09. The van der Waals surface area contributed by atoms with E-state index in [4.69, 9.17) is 18.9 Å². The predicted molar refractivity (Wildman–Crippen MR) is 168 cm³/mol. The molecule has 0 aliphatic heterocycles. The van der Waals surface area contributed by atoms with Gasteiger partial charge < -0.3 is 18.9 Å². The zero-order valence-corrected chi connectivity index (χ0v) is 25.6. The van der Waals surface area contributed by atoms with E-state index in [0.29, 0.717) is 36.5 Å². The Kier molecular flexibility index (Phi) is 14.3. The number of carbonyl (C=O) groups excluding carboxylic acids is 3. The van der Waals surface area contributed by atoms with Gasteiger partial charge in [0.15, 0.2) is 0 Å². The molecule has 3 rings (SSSR count). The van der Waals surface area contributed by atoms with Crippen molar-refractivity contribution in [3.63, 3.8) is 0 Å². The molecule has 0 aliphatic rings. The van der Waals surface area contributed by atoms with Gasteiger partial charge in [-0.15, -0.1) is 0 Å². The van der Waals surface area contributed by atoms with Crippen LogP contribution in [-0.4, -0.2) is 37.2 Å². The van der Waals surface area contributed by atoms with Crippen LogP contribution in [-0.2, 0) is 14.3 Å². The van der Waals surface area contributed by atoms with E-state index in [-0.39, 0.29) is 18.0 Å². The van der Waals surface area contributed by atoms with Gasteiger partial charge in [-0.3, -0.25) is 4.79 Å². The third-order valence-electron chi connectivity index (χ3n) is 6.91. The fourth-order valence-electron chi connectivity index (χ4n) is 4.39. The number of hydrogen-bond donors (Lipinski definition) is 0. The lowest BCUT2D eigenvalue weighted by Crippen LogP contribution is -2.15. The zero-order chi connectivity index (χ0) is 30.9. The van der Waals surface area contributed by atoms with E-state index in [2.05, 4.69) is 6.92 Å². The molecule has 0 heterocycles. The second-order valence-corrected chi connectivity index (χ2v) is 10.6. The monoisotopic (exact) mass is 588 g/mol. The van der Waals surface area contributed by atoms with Crippen molar-refractivity contribution in [1.29, 1.82) is 0 Å². The van der Waals surface area contributed by atoms with Gasteiger partial charge in [0, 0.05) is 6.42 Å². The van der Waals surface area contributed by atoms with E-state index in [1.807, 2.05) is 50.2 Å². The molecule has 0 radical (unpaired) electrons. The van der Waals surface area contributed by atoms with E-state index < -0.39 is 5.97 Å². The van der Waals surface area contributed by atoms with Crippen LogP contribution in [0.1, 0.15) is 99.3 Å². The van der Waals surface area contributed by atoms with Crippen LogP contribution in [0.25, 0.3) is 11.1 Å². The number of carbonyl (C=O) groups is 3. The molecule has 7 heteroatoms. The van der Waals surface area contributed by atoms with E-state index in [1.165, 1.54) is 12.8 Å². The second kappa shape index (κ2) is 18.4. The average Bonchev–Trinajstić information content (AvgIpc) is 3.02. The maximum Gasteiger partial charge on any atom is 0.343 e. The maximum atomic E-state index is 12.7. The fourth-order valence-corrected chi connectivity index (χ4v) is 4.39. The van der Waals surface area contributed by atoms with Crippen molar-refractivity contribution in [2.45, 2.75) is 84.7 Å². The van der Waals surface area contributed by atoms with Gasteiger partial charge in [0.25, 0.3) is 0 Å². The molecule has 0 saturated heterocycles. The molecule has 1 unspecified atom stereocenters. The van der Waals surface area contributed by atoms with Gasteiger partial charge in [-0.1, -0.05) is 57.4 Å². The molecule has 0 spiro atoms. The maximum absolute atomic E-state index is 12.7. The molecule has 0 aromatic heterocycles. The third-order valence-corrected chi connectivity index (χ3v) is 6.91. The number of benzene rings is 3. The third kappa shape index (κ3) is 11.9. The topological polar surface area (TPSA) is 88.1 Å². The van der Waals surface area contributed by atoms with Gasteiger partial charge in [0.05, 0.1) is 30.4 Å². The van der Waals surface area contributed by atoms with Crippen LogP contribution in [0.3, 0.4) is 0 Å². The van der Waals surface area contributed by atoms with Gasteiger partial charge >= 0.3 is 17.9 Å². The second-order valence-electron chi connectivity index (χ2n) is 10.6. The van der Waals surface area contributed by atoms with Crippen molar-refractivity contribution in [2.24, 2.45) is 0 Å². The van der Waals surface area contributed by atoms with E-state index in [0.717, 1.165) is 55.4 Å². The number of unbranched alkanes of at least 4 members (excludes halogenated alkanes) is 4. The summed E-state index contributed by atoms with van der Waals surface area (Å²) in [5.41, 5.74) is 2.79. The number of hydrogen-bond acceptors (Lipinski definition) is 7. The lowest BCUT2D eigenvalue weighted by Gasteiger charge is -2.13. The molecular weight excluding hydrogens is 544 g/mol. The molecule has 0 saturated carbocycles. The molecule has 43 heavy (non-hydrogen) atoms. The van der Waals surface area contributed by atoms with Crippen LogP contribution in [0.5, 0.6) is 11.5 Å². The van der Waals surface area contributed by atoms with Crippen molar-refractivity contribution in [2.75, 3.05) is 13.2 Å². The van der Waals surface area contributed by atoms with Crippen LogP contribution in [0.4, 0.5) is 0 Å². The summed E-state index contributed by atoms with van der Waals surface area (Å²) < 4.78 is 22.0. The van der Waals surface area contributed by atoms with Crippen molar-refractivity contribution in [1.82, 2.24) is 0 Å². The van der Waals surface area contributed by atoms with Crippen molar-refractivity contribution in [3.05, 3.63) is 83.9 Å². The Labute approximate surface area is 255 Å². The normalized spacial score (nSPS) is 11.4. The number of rotatable bonds is 18. The summed E-state index contributed by atoms with van der Waals surface area (Å²) in [6, 6.07) is 21.4. The highest BCUT2D eigenvalue weighted by Crippen LogP contribution is 2.24. The molecule has 0 amide bonds. The van der Waals surface area contributed by atoms with Gasteiger partial charge in [-0.05, 0) is 98.7 Å². The summed E-state index contributed by atoms with van der Waals surface area (Å²) in [4.78, 5) is 36.5. The first-order valence-electron chi connectivity index (χ1n) is 15.4. The summed E-state index contributed by atoms with van der Waals surface area (Å²) in [5, 5.41) is 0. The van der Waals surface area contributed by atoms with E-state index in [1.54, 1.807) is 36.4 Å². The van der Waals surface area contributed by atoms with E-state index >= 15 is 0 Å². The van der Waals surface area contributed by atoms with Crippen LogP contribution in [0.15, 0.2) is 72.8 Å². The first-order valence-corrected chi connectivity index (χ1v) is 15.4. The number of esters is 3. The quantitative estimate of drug-likeness (QED) is 0.0835. The molecule has 0 aliphatic carbocycles. The molecule has 230 valence electrons. The highest BCUT2D eigenvalue weighted by atomic mass is 16.5. The van der Waals surface area contributed by atoms with Crippen molar-refractivity contribution >= 4 is 17.9 Å². The highest BCUT2D eigenvalue weighted by molar-refractivity contribution is 5.92. The van der Waals surface area contributed by atoms with Crippen molar-refractivity contribution < 1.29 is 33.3 Å². The molecule has 0 bridgehead atoms. The molecule has 1 atom stereocenters. The fraction of sp³-hybridized carbons (Fsp3) is 0.417. The molecule has 3 aromatic rings. The number of ether oxygens (including phenoxy) is 4. The molecule has 7 nitrogen and oxygen atoms in total. The Bertz CT molecular complexity index is 1260.